The largest absolute Gasteiger partial charge is 0.384 e. The normalized spacial score (nSPS) is 19.4. The fraction of sp³-hybridized carbons (Fsp3) is 0.562. The zero-order valence-corrected chi connectivity index (χ0v) is 11.9. The van der Waals surface area contributed by atoms with Crippen LogP contribution in [0.3, 0.4) is 0 Å². The first kappa shape index (κ1) is 15.0. The number of aliphatic hydroxyl groups is 1. The van der Waals surface area contributed by atoms with E-state index < -0.39 is 6.10 Å². The molecule has 1 amide bonds. The van der Waals surface area contributed by atoms with Gasteiger partial charge in [0.15, 0.2) is 0 Å². The second-order valence-electron chi connectivity index (χ2n) is 5.74. The Kier molecular flexibility index (Phi) is 4.76. The molecule has 0 heterocycles. The number of amides is 1. The van der Waals surface area contributed by atoms with Gasteiger partial charge in [0.1, 0.15) is 11.9 Å². The number of benzene rings is 1. The van der Waals surface area contributed by atoms with Gasteiger partial charge >= 0.3 is 0 Å². The van der Waals surface area contributed by atoms with Crippen LogP contribution in [0.4, 0.5) is 4.39 Å². The van der Waals surface area contributed by atoms with Crippen LogP contribution >= 0.6 is 0 Å². The molecule has 0 bridgehead atoms. The van der Waals surface area contributed by atoms with Crippen molar-refractivity contribution in [2.75, 3.05) is 6.54 Å². The van der Waals surface area contributed by atoms with Gasteiger partial charge in [-0.3, -0.25) is 4.79 Å². The molecule has 3 nitrogen and oxygen atoms in total. The lowest BCUT2D eigenvalue weighted by molar-refractivity contribution is -0.128. The molecular formula is C16H22FNO2. The Labute approximate surface area is 119 Å². The molecule has 20 heavy (non-hydrogen) atoms. The second-order valence-corrected chi connectivity index (χ2v) is 5.74. The van der Waals surface area contributed by atoms with Crippen LogP contribution in [0.25, 0.3) is 0 Å². The molecule has 1 aliphatic rings. The quantitative estimate of drug-likeness (QED) is 0.889. The van der Waals surface area contributed by atoms with E-state index in [-0.39, 0.29) is 17.1 Å². The highest BCUT2D eigenvalue weighted by atomic mass is 19.1. The van der Waals surface area contributed by atoms with Crippen molar-refractivity contribution in [1.29, 1.82) is 0 Å². The summed E-state index contributed by atoms with van der Waals surface area (Å²) in [6, 6.07) is 6.58. The highest BCUT2D eigenvalue weighted by Gasteiger charge is 2.34. The Morgan fingerprint density at radius 2 is 1.90 bits per heavy atom. The van der Waals surface area contributed by atoms with Crippen LogP contribution in [-0.4, -0.2) is 23.7 Å². The summed E-state index contributed by atoms with van der Waals surface area (Å²) >= 11 is 0. The summed E-state index contributed by atoms with van der Waals surface area (Å²) in [7, 11) is 0. The fourth-order valence-electron chi connectivity index (χ4n) is 3.00. The van der Waals surface area contributed by atoms with E-state index in [1.807, 2.05) is 12.1 Å². The summed E-state index contributed by atoms with van der Waals surface area (Å²) in [5.74, 6) is -0.593. The smallest absolute Gasteiger partial charge is 0.248 e. The van der Waals surface area contributed by atoms with Crippen molar-refractivity contribution in [3.8, 4) is 0 Å². The molecule has 1 unspecified atom stereocenters. The SMILES string of the molecule is CC(O)C(=O)NCC1(c2ccc(F)cc2)CCCCC1. The maximum absolute atomic E-state index is 13.1. The number of hydrogen-bond acceptors (Lipinski definition) is 2. The number of nitrogens with one attached hydrogen (secondary N) is 1. The highest BCUT2D eigenvalue weighted by Crippen LogP contribution is 2.39. The minimum atomic E-state index is -0.996. The predicted octanol–water partition coefficient (Wildman–Crippen LogP) is 2.52. The number of aliphatic hydroxyl groups excluding tert-OH is 1. The first-order valence-corrected chi connectivity index (χ1v) is 7.25. The Morgan fingerprint density at radius 1 is 1.30 bits per heavy atom. The summed E-state index contributed by atoms with van der Waals surface area (Å²) in [4.78, 5) is 11.6. The van der Waals surface area contributed by atoms with Gasteiger partial charge in [0.05, 0.1) is 0 Å². The molecule has 0 saturated heterocycles. The van der Waals surface area contributed by atoms with Gasteiger partial charge in [-0.25, -0.2) is 4.39 Å². The summed E-state index contributed by atoms with van der Waals surface area (Å²) < 4.78 is 13.1. The summed E-state index contributed by atoms with van der Waals surface area (Å²) in [5, 5.41) is 12.1. The molecule has 110 valence electrons. The van der Waals surface area contributed by atoms with E-state index in [2.05, 4.69) is 5.32 Å². The third-order valence-corrected chi connectivity index (χ3v) is 4.25. The van der Waals surface area contributed by atoms with E-state index in [1.54, 1.807) is 0 Å². The molecule has 2 N–H and O–H groups in total. The van der Waals surface area contributed by atoms with Gasteiger partial charge in [-0.05, 0) is 37.5 Å². The molecule has 1 aromatic carbocycles. The average Bonchev–Trinajstić information content (AvgIpc) is 2.46. The van der Waals surface area contributed by atoms with E-state index in [0.717, 1.165) is 31.2 Å². The summed E-state index contributed by atoms with van der Waals surface area (Å²) in [6.45, 7) is 1.96. The third-order valence-electron chi connectivity index (χ3n) is 4.25. The van der Waals surface area contributed by atoms with Crippen molar-refractivity contribution in [2.24, 2.45) is 0 Å². The lowest BCUT2D eigenvalue weighted by Gasteiger charge is -2.38. The van der Waals surface area contributed by atoms with Crippen molar-refractivity contribution in [3.63, 3.8) is 0 Å². The molecule has 1 aromatic rings. The predicted molar refractivity (Wildman–Crippen MR) is 75.9 cm³/mol. The standard InChI is InChI=1S/C16H22FNO2/c1-12(19)15(20)18-11-16(9-3-2-4-10-16)13-5-7-14(17)8-6-13/h5-8,12,19H,2-4,9-11H2,1H3,(H,18,20). The maximum atomic E-state index is 13.1. The number of halogens is 1. The van der Waals surface area contributed by atoms with Crippen LogP contribution in [0.2, 0.25) is 0 Å². The number of carbonyl (C=O) groups excluding carboxylic acids is 1. The monoisotopic (exact) mass is 279 g/mol. The fourth-order valence-corrected chi connectivity index (χ4v) is 3.00. The highest BCUT2D eigenvalue weighted by molar-refractivity contribution is 5.80. The van der Waals surface area contributed by atoms with Gasteiger partial charge in [-0.15, -0.1) is 0 Å². The van der Waals surface area contributed by atoms with Gasteiger partial charge in [0, 0.05) is 12.0 Å². The number of carbonyl (C=O) groups is 1. The van der Waals surface area contributed by atoms with Crippen LogP contribution < -0.4 is 5.32 Å². The van der Waals surface area contributed by atoms with Crippen LogP contribution in [-0.2, 0) is 10.2 Å². The summed E-state index contributed by atoms with van der Waals surface area (Å²) in [6.07, 6.45) is 4.40. The molecule has 1 saturated carbocycles. The molecule has 0 aliphatic heterocycles. The van der Waals surface area contributed by atoms with E-state index in [4.69, 9.17) is 0 Å². The second kappa shape index (κ2) is 6.35. The van der Waals surface area contributed by atoms with E-state index >= 15 is 0 Å². The molecule has 1 atom stereocenters. The van der Waals surface area contributed by atoms with Crippen molar-refractivity contribution >= 4 is 5.91 Å². The van der Waals surface area contributed by atoms with Crippen molar-refractivity contribution in [2.45, 2.75) is 50.5 Å². The molecule has 0 spiro atoms. The van der Waals surface area contributed by atoms with Gasteiger partial charge < -0.3 is 10.4 Å². The lowest BCUT2D eigenvalue weighted by atomic mass is 9.69. The van der Waals surface area contributed by atoms with Gasteiger partial charge in [0.25, 0.3) is 0 Å². The number of rotatable bonds is 4. The Hall–Kier alpha value is -1.42. The maximum Gasteiger partial charge on any atom is 0.248 e. The van der Waals surface area contributed by atoms with Crippen molar-refractivity contribution < 1.29 is 14.3 Å². The molecular weight excluding hydrogens is 257 g/mol. The van der Waals surface area contributed by atoms with E-state index in [9.17, 15) is 14.3 Å². The Bertz CT molecular complexity index is 450. The molecule has 1 fully saturated rings. The van der Waals surface area contributed by atoms with Crippen molar-refractivity contribution in [3.05, 3.63) is 35.6 Å². The molecule has 2 rings (SSSR count). The first-order chi connectivity index (χ1) is 9.53. The van der Waals surface area contributed by atoms with Gasteiger partial charge in [-0.1, -0.05) is 31.4 Å². The van der Waals surface area contributed by atoms with Crippen LogP contribution in [0.15, 0.2) is 24.3 Å². The minimum Gasteiger partial charge on any atom is -0.384 e. The zero-order valence-electron chi connectivity index (χ0n) is 11.9. The number of hydrogen-bond donors (Lipinski definition) is 2. The van der Waals surface area contributed by atoms with E-state index in [0.29, 0.717) is 6.54 Å². The minimum absolute atomic E-state index is 0.128. The average molecular weight is 279 g/mol. The van der Waals surface area contributed by atoms with Crippen LogP contribution in [0.1, 0.15) is 44.6 Å². The molecule has 0 radical (unpaired) electrons. The molecule has 1 aliphatic carbocycles. The summed E-state index contributed by atoms with van der Waals surface area (Å²) in [5.41, 5.74) is 0.945. The third kappa shape index (κ3) is 3.37. The first-order valence-electron chi connectivity index (χ1n) is 7.25. The van der Waals surface area contributed by atoms with Gasteiger partial charge in [0.2, 0.25) is 5.91 Å². The molecule has 0 aromatic heterocycles. The topological polar surface area (TPSA) is 49.3 Å². The zero-order chi connectivity index (χ0) is 14.6. The van der Waals surface area contributed by atoms with Gasteiger partial charge in [-0.2, -0.15) is 0 Å². The van der Waals surface area contributed by atoms with E-state index in [1.165, 1.54) is 25.5 Å². The van der Waals surface area contributed by atoms with Crippen molar-refractivity contribution in [1.82, 2.24) is 5.32 Å². The van der Waals surface area contributed by atoms with Crippen LogP contribution in [0, 0.1) is 5.82 Å². The molecule has 4 heteroatoms. The Morgan fingerprint density at radius 3 is 2.45 bits per heavy atom. The van der Waals surface area contributed by atoms with Crippen LogP contribution in [0.5, 0.6) is 0 Å². The lowest BCUT2D eigenvalue weighted by Crippen LogP contribution is -2.44. The Balaban J connectivity index is 2.17.